The van der Waals surface area contributed by atoms with E-state index >= 15 is 0 Å². The van der Waals surface area contributed by atoms with Crippen molar-refractivity contribution in [3.05, 3.63) is 24.0 Å². The SMILES string of the molecule is C#CCOc1cc(F)ccc1NC(=O)NCC1(O)CCCC1. The van der Waals surface area contributed by atoms with Crippen LogP contribution in [0.25, 0.3) is 0 Å². The lowest BCUT2D eigenvalue weighted by Gasteiger charge is -2.22. The van der Waals surface area contributed by atoms with Crippen molar-refractivity contribution >= 4 is 11.7 Å². The molecule has 0 unspecified atom stereocenters. The minimum atomic E-state index is -0.830. The van der Waals surface area contributed by atoms with E-state index in [1.165, 1.54) is 12.1 Å². The number of halogens is 1. The van der Waals surface area contributed by atoms with E-state index in [2.05, 4.69) is 16.6 Å². The number of ether oxygens (including phenoxy) is 1. The number of amides is 2. The molecule has 0 spiro atoms. The van der Waals surface area contributed by atoms with Gasteiger partial charge in [-0.3, -0.25) is 0 Å². The maximum atomic E-state index is 13.2. The fourth-order valence-corrected chi connectivity index (χ4v) is 2.46. The molecule has 6 heteroatoms. The second-order valence-corrected chi connectivity index (χ2v) is 5.37. The lowest BCUT2D eigenvalue weighted by molar-refractivity contribution is 0.0506. The van der Waals surface area contributed by atoms with Gasteiger partial charge in [0.1, 0.15) is 18.2 Å². The molecule has 3 N–H and O–H groups in total. The molecule has 1 saturated carbocycles. The zero-order valence-corrected chi connectivity index (χ0v) is 12.2. The smallest absolute Gasteiger partial charge is 0.319 e. The number of carbonyl (C=O) groups excluding carboxylic acids is 1. The number of anilines is 1. The molecule has 1 aliphatic carbocycles. The number of hydrogen-bond donors (Lipinski definition) is 3. The summed E-state index contributed by atoms with van der Waals surface area (Å²) in [7, 11) is 0. The second kappa shape index (κ2) is 7.14. The van der Waals surface area contributed by atoms with Gasteiger partial charge in [0.15, 0.2) is 0 Å². The third kappa shape index (κ3) is 4.37. The number of aliphatic hydroxyl groups is 1. The normalized spacial score (nSPS) is 15.9. The van der Waals surface area contributed by atoms with Gasteiger partial charge in [0.25, 0.3) is 0 Å². The molecule has 0 aliphatic heterocycles. The Hall–Kier alpha value is -2.26. The van der Waals surface area contributed by atoms with Crippen LogP contribution in [-0.4, -0.2) is 29.9 Å². The Labute approximate surface area is 128 Å². The van der Waals surface area contributed by atoms with Gasteiger partial charge in [0, 0.05) is 12.6 Å². The third-order valence-electron chi connectivity index (χ3n) is 3.62. The van der Waals surface area contributed by atoms with Gasteiger partial charge in [-0.15, -0.1) is 6.42 Å². The summed E-state index contributed by atoms with van der Waals surface area (Å²) in [6.45, 7) is 0.153. The Kier molecular flexibility index (Phi) is 5.23. The first-order valence-electron chi connectivity index (χ1n) is 7.15. The highest BCUT2D eigenvalue weighted by molar-refractivity contribution is 5.90. The molecular weight excluding hydrogens is 287 g/mol. The summed E-state index contributed by atoms with van der Waals surface area (Å²) >= 11 is 0. The van der Waals surface area contributed by atoms with E-state index < -0.39 is 17.4 Å². The van der Waals surface area contributed by atoms with Gasteiger partial charge in [-0.05, 0) is 25.0 Å². The average molecular weight is 306 g/mol. The van der Waals surface area contributed by atoms with E-state index in [9.17, 15) is 14.3 Å². The number of hydrogen-bond acceptors (Lipinski definition) is 3. The summed E-state index contributed by atoms with van der Waals surface area (Å²) in [6.07, 6.45) is 8.38. The molecule has 118 valence electrons. The molecule has 5 nitrogen and oxygen atoms in total. The van der Waals surface area contributed by atoms with Crippen LogP contribution in [-0.2, 0) is 0 Å². The van der Waals surface area contributed by atoms with E-state index in [4.69, 9.17) is 11.2 Å². The largest absolute Gasteiger partial charge is 0.479 e. The van der Waals surface area contributed by atoms with Crippen molar-refractivity contribution in [2.75, 3.05) is 18.5 Å². The fourth-order valence-electron chi connectivity index (χ4n) is 2.46. The minimum Gasteiger partial charge on any atom is -0.479 e. The van der Waals surface area contributed by atoms with Crippen molar-refractivity contribution in [1.29, 1.82) is 0 Å². The number of terminal acetylenes is 1. The van der Waals surface area contributed by atoms with Crippen LogP contribution in [0.2, 0.25) is 0 Å². The van der Waals surface area contributed by atoms with Crippen LogP contribution in [0.3, 0.4) is 0 Å². The van der Waals surface area contributed by atoms with Crippen molar-refractivity contribution in [3.8, 4) is 18.1 Å². The minimum absolute atomic E-state index is 0.0283. The van der Waals surface area contributed by atoms with Crippen molar-refractivity contribution in [2.45, 2.75) is 31.3 Å². The molecular formula is C16H19FN2O3. The van der Waals surface area contributed by atoms with Crippen LogP contribution < -0.4 is 15.4 Å². The van der Waals surface area contributed by atoms with Crippen LogP contribution in [0.5, 0.6) is 5.75 Å². The lowest BCUT2D eigenvalue weighted by atomic mass is 10.0. The Bertz CT molecular complexity index is 577. The molecule has 2 rings (SSSR count). The standard InChI is InChI=1S/C16H19FN2O3/c1-2-9-22-14-10-12(17)5-6-13(14)19-15(20)18-11-16(21)7-3-4-8-16/h1,5-6,10,21H,3-4,7-9,11H2,(H2,18,19,20). The Morgan fingerprint density at radius 1 is 1.45 bits per heavy atom. The zero-order chi connectivity index (χ0) is 16.0. The van der Waals surface area contributed by atoms with Gasteiger partial charge in [0.05, 0.1) is 11.3 Å². The molecule has 0 bridgehead atoms. The third-order valence-corrected chi connectivity index (χ3v) is 3.62. The van der Waals surface area contributed by atoms with Crippen molar-refractivity contribution in [3.63, 3.8) is 0 Å². The summed E-state index contributed by atoms with van der Waals surface area (Å²) < 4.78 is 18.4. The van der Waals surface area contributed by atoms with E-state index in [1.54, 1.807) is 0 Å². The summed E-state index contributed by atoms with van der Waals surface area (Å²) in [5.74, 6) is 1.95. The van der Waals surface area contributed by atoms with E-state index in [1.807, 2.05) is 0 Å². The first-order chi connectivity index (χ1) is 10.5. The molecule has 0 heterocycles. The number of benzene rings is 1. The highest BCUT2D eigenvalue weighted by Gasteiger charge is 2.31. The summed E-state index contributed by atoms with van der Waals surface area (Å²) in [5, 5.41) is 15.4. The van der Waals surface area contributed by atoms with Crippen LogP contribution in [0.1, 0.15) is 25.7 Å². The average Bonchev–Trinajstić information content (AvgIpc) is 2.93. The van der Waals surface area contributed by atoms with Gasteiger partial charge in [-0.1, -0.05) is 18.8 Å². The molecule has 0 radical (unpaired) electrons. The second-order valence-electron chi connectivity index (χ2n) is 5.37. The fraction of sp³-hybridized carbons (Fsp3) is 0.438. The molecule has 1 aliphatic rings. The van der Waals surface area contributed by atoms with Crippen LogP contribution >= 0.6 is 0 Å². The van der Waals surface area contributed by atoms with E-state index in [0.717, 1.165) is 18.9 Å². The highest BCUT2D eigenvalue weighted by Crippen LogP contribution is 2.29. The predicted octanol–water partition coefficient (Wildman–Crippen LogP) is 2.26. The summed E-state index contributed by atoms with van der Waals surface area (Å²) in [6, 6.07) is 3.27. The van der Waals surface area contributed by atoms with Gasteiger partial charge in [0.2, 0.25) is 0 Å². The van der Waals surface area contributed by atoms with E-state index in [0.29, 0.717) is 18.5 Å². The monoisotopic (exact) mass is 306 g/mol. The quantitative estimate of drug-likeness (QED) is 0.731. The van der Waals surface area contributed by atoms with Crippen molar-refractivity contribution in [2.24, 2.45) is 0 Å². The molecule has 1 aromatic carbocycles. The summed E-state index contributed by atoms with van der Waals surface area (Å²) in [4.78, 5) is 11.9. The maximum absolute atomic E-state index is 13.2. The molecule has 1 fully saturated rings. The topological polar surface area (TPSA) is 70.6 Å². The van der Waals surface area contributed by atoms with Gasteiger partial charge in [-0.25, -0.2) is 9.18 Å². The van der Waals surface area contributed by atoms with Crippen LogP contribution in [0, 0.1) is 18.2 Å². The predicted molar refractivity (Wildman–Crippen MR) is 81.2 cm³/mol. The molecule has 0 aromatic heterocycles. The molecule has 1 aromatic rings. The number of nitrogens with one attached hydrogen (secondary N) is 2. The lowest BCUT2D eigenvalue weighted by Crippen LogP contribution is -2.42. The summed E-state index contributed by atoms with van der Waals surface area (Å²) in [5.41, 5.74) is -0.518. The van der Waals surface area contributed by atoms with Gasteiger partial charge in [-0.2, -0.15) is 0 Å². The number of rotatable bonds is 5. The van der Waals surface area contributed by atoms with Crippen LogP contribution in [0.15, 0.2) is 18.2 Å². The number of carbonyl (C=O) groups is 1. The van der Waals surface area contributed by atoms with Gasteiger partial charge >= 0.3 is 6.03 Å². The number of urea groups is 1. The first kappa shape index (κ1) is 16.1. The Morgan fingerprint density at radius 3 is 2.86 bits per heavy atom. The van der Waals surface area contributed by atoms with E-state index in [-0.39, 0.29) is 18.9 Å². The zero-order valence-electron chi connectivity index (χ0n) is 12.2. The molecule has 0 saturated heterocycles. The molecule has 22 heavy (non-hydrogen) atoms. The molecule has 2 amide bonds. The Balaban J connectivity index is 1.94. The van der Waals surface area contributed by atoms with Gasteiger partial charge < -0.3 is 20.5 Å². The molecule has 0 atom stereocenters. The Morgan fingerprint density at radius 2 is 2.18 bits per heavy atom. The van der Waals surface area contributed by atoms with Crippen molar-refractivity contribution < 1.29 is 19.0 Å². The maximum Gasteiger partial charge on any atom is 0.319 e. The highest BCUT2D eigenvalue weighted by atomic mass is 19.1. The van der Waals surface area contributed by atoms with Crippen molar-refractivity contribution in [1.82, 2.24) is 5.32 Å². The van der Waals surface area contributed by atoms with Crippen LogP contribution in [0.4, 0.5) is 14.9 Å². The first-order valence-corrected chi connectivity index (χ1v) is 7.15.